The summed E-state index contributed by atoms with van der Waals surface area (Å²) in [4.78, 5) is 24.0. The second-order valence-corrected chi connectivity index (χ2v) is 4.83. The quantitative estimate of drug-likeness (QED) is 0.671. The molecule has 1 fully saturated rings. The molecule has 2 aliphatic rings. The van der Waals surface area contributed by atoms with Crippen LogP contribution in [0.1, 0.15) is 19.8 Å². The largest absolute Gasteiger partial charge is 0.478 e. The summed E-state index contributed by atoms with van der Waals surface area (Å²) < 4.78 is 0. The lowest BCUT2D eigenvalue weighted by Gasteiger charge is -2.33. The Hall–Kier alpha value is -1.98. The van der Waals surface area contributed by atoms with E-state index in [0.717, 1.165) is 31.8 Å². The molecule has 0 aromatic rings. The Balaban J connectivity index is 1.88. The van der Waals surface area contributed by atoms with Gasteiger partial charge in [-0.2, -0.15) is 0 Å². The summed E-state index contributed by atoms with van der Waals surface area (Å²) >= 11 is 0. The molecule has 1 saturated heterocycles. The van der Waals surface area contributed by atoms with Crippen molar-refractivity contribution in [3.63, 3.8) is 0 Å². The number of carbonyl (C=O) groups excluding carboxylic acids is 1. The molecular weight excluding hydrogens is 246 g/mol. The first-order valence-electron chi connectivity index (χ1n) is 6.47. The predicted molar refractivity (Wildman–Crippen MR) is 70.2 cm³/mol. The number of carboxylic acids is 1. The van der Waals surface area contributed by atoms with Gasteiger partial charge in [0.05, 0.1) is 11.4 Å². The third-order valence-corrected chi connectivity index (χ3v) is 3.46. The molecule has 2 heterocycles. The van der Waals surface area contributed by atoms with Gasteiger partial charge < -0.3 is 20.6 Å². The highest BCUT2D eigenvalue weighted by atomic mass is 16.4. The van der Waals surface area contributed by atoms with Gasteiger partial charge in [-0.05, 0) is 18.9 Å². The average molecular weight is 265 g/mol. The number of aliphatic carboxylic acids is 1. The van der Waals surface area contributed by atoms with Crippen LogP contribution in [0.3, 0.4) is 0 Å². The van der Waals surface area contributed by atoms with Gasteiger partial charge in [0.2, 0.25) is 5.91 Å². The molecule has 0 bridgehead atoms. The molecule has 2 rings (SSSR count). The fraction of sp³-hybridized carbons (Fsp3) is 0.538. The van der Waals surface area contributed by atoms with E-state index in [1.54, 1.807) is 19.1 Å². The zero-order valence-electron chi connectivity index (χ0n) is 11.0. The standard InChI is InChI=1S/C13H19N3O3/c1-9(17)16-6-3-11(4-7-16)15-12-8-10(13(18)19)2-5-14-12/h2,8,11,14-15H,3-7H2,1H3,(H,18,19). The molecule has 0 unspecified atom stereocenters. The number of piperidine rings is 1. The number of carboxylic acid groups (broad SMARTS) is 1. The van der Waals surface area contributed by atoms with Crippen LogP contribution in [0.4, 0.5) is 0 Å². The molecule has 0 radical (unpaired) electrons. The minimum absolute atomic E-state index is 0.115. The van der Waals surface area contributed by atoms with Crippen LogP contribution in [0.5, 0.6) is 0 Å². The van der Waals surface area contributed by atoms with Crippen LogP contribution in [0.15, 0.2) is 23.5 Å². The topological polar surface area (TPSA) is 81.7 Å². The fourth-order valence-electron chi connectivity index (χ4n) is 2.34. The first kappa shape index (κ1) is 13.5. The van der Waals surface area contributed by atoms with Crippen LogP contribution >= 0.6 is 0 Å². The van der Waals surface area contributed by atoms with Crippen molar-refractivity contribution in [2.75, 3.05) is 19.6 Å². The smallest absolute Gasteiger partial charge is 0.335 e. The fourth-order valence-corrected chi connectivity index (χ4v) is 2.34. The molecule has 0 aliphatic carbocycles. The minimum atomic E-state index is -0.910. The zero-order valence-corrected chi connectivity index (χ0v) is 11.0. The third kappa shape index (κ3) is 3.49. The van der Waals surface area contributed by atoms with Crippen molar-refractivity contribution in [1.29, 1.82) is 0 Å². The Morgan fingerprint density at radius 3 is 2.68 bits per heavy atom. The molecule has 0 atom stereocenters. The molecule has 104 valence electrons. The van der Waals surface area contributed by atoms with Crippen molar-refractivity contribution in [1.82, 2.24) is 15.5 Å². The second kappa shape index (κ2) is 5.77. The third-order valence-electron chi connectivity index (χ3n) is 3.46. The first-order valence-corrected chi connectivity index (χ1v) is 6.47. The predicted octanol–water partition coefficient (Wildman–Crippen LogP) is 0.0425. The van der Waals surface area contributed by atoms with Crippen LogP contribution in [-0.4, -0.2) is 47.6 Å². The maximum Gasteiger partial charge on any atom is 0.335 e. The zero-order chi connectivity index (χ0) is 13.8. The van der Waals surface area contributed by atoms with Gasteiger partial charge in [0.25, 0.3) is 0 Å². The summed E-state index contributed by atoms with van der Waals surface area (Å²) in [5.74, 6) is -0.0436. The van der Waals surface area contributed by atoms with E-state index in [4.69, 9.17) is 5.11 Å². The highest BCUT2D eigenvalue weighted by Crippen LogP contribution is 2.13. The molecule has 2 aliphatic heterocycles. The van der Waals surface area contributed by atoms with E-state index >= 15 is 0 Å². The monoisotopic (exact) mass is 265 g/mol. The van der Waals surface area contributed by atoms with Crippen LogP contribution in [0, 0.1) is 0 Å². The average Bonchev–Trinajstić information content (AvgIpc) is 2.39. The maximum atomic E-state index is 11.2. The van der Waals surface area contributed by atoms with Crippen LogP contribution < -0.4 is 10.6 Å². The maximum absolute atomic E-state index is 11.2. The van der Waals surface area contributed by atoms with Gasteiger partial charge in [-0.15, -0.1) is 0 Å². The Kier molecular flexibility index (Phi) is 4.09. The molecule has 19 heavy (non-hydrogen) atoms. The highest BCUT2D eigenvalue weighted by Gasteiger charge is 2.21. The number of rotatable bonds is 3. The van der Waals surface area contributed by atoms with E-state index in [9.17, 15) is 9.59 Å². The van der Waals surface area contributed by atoms with E-state index in [1.165, 1.54) is 0 Å². The summed E-state index contributed by atoms with van der Waals surface area (Å²) in [5, 5.41) is 15.4. The lowest BCUT2D eigenvalue weighted by Crippen LogP contribution is -2.46. The Morgan fingerprint density at radius 2 is 2.11 bits per heavy atom. The summed E-state index contributed by atoms with van der Waals surface area (Å²) in [7, 11) is 0. The molecule has 3 N–H and O–H groups in total. The number of dihydropyridines is 1. The highest BCUT2D eigenvalue weighted by molar-refractivity contribution is 5.90. The van der Waals surface area contributed by atoms with Gasteiger partial charge in [0.15, 0.2) is 0 Å². The SMILES string of the molecule is CC(=O)N1CCC(NC2=CC(C(=O)O)=CCN2)CC1. The van der Waals surface area contributed by atoms with Crippen molar-refractivity contribution < 1.29 is 14.7 Å². The molecule has 0 aromatic heterocycles. The van der Waals surface area contributed by atoms with Crippen molar-refractivity contribution in [2.24, 2.45) is 0 Å². The number of amides is 1. The Labute approximate surface area is 112 Å². The molecule has 0 aromatic carbocycles. The second-order valence-electron chi connectivity index (χ2n) is 4.83. The van der Waals surface area contributed by atoms with Crippen LogP contribution in [0.25, 0.3) is 0 Å². The van der Waals surface area contributed by atoms with Gasteiger partial charge in [-0.3, -0.25) is 4.79 Å². The normalized spacial score (nSPS) is 20.2. The van der Waals surface area contributed by atoms with Gasteiger partial charge >= 0.3 is 5.97 Å². The van der Waals surface area contributed by atoms with E-state index in [-0.39, 0.29) is 11.9 Å². The lowest BCUT2D eigenvalue weighted by molar-refractivity contribution is -0.132. The number of nitrogens with one attached hydrogen (secondary N) is 2. The minimum Gasteiger partial charge on any atom is -0.478 e. The summed E-state index contributed by atoms with van der Waals surface area (Å²) in [6.07, 6.45) is 5.02. The van der Waals surface area contributed by atoms with Crippen molar-refractivity contribution in [2.45, 2.75) is 25.8 Å². The number of hydrogen-bond acceptors (Lipinski definition) is 4. The van der Waals surface area contributed by atoms with Crippen molar-refractivity contribution >= 4 is 11.9 Å². The Bertz CT molecular complexity index is 434. The van der Waals surface area contributed by atoms with Gasteiger partial charge in [0.1, 0.15) is 0 Å². The van der Waals surface area contributed by atoms with Gasteiger partial charge in [0, 0.05) is 32.6 Å². The number of likely N-dealkylation sites (tertiary alicyclic amines) is 1. The van der Waals surface area contributed by atoms with E-state index < -0.39 is 5.97 Å². The first-order chi connectivity index (χ1) is 9.06. The Morgan fingerprint density at radius 1 is 1.42 bits per heavy atom. The van der Waals surface area contributed by atoms with Crippen molar-refractivity contribution in [3.05, 3.63) is 23.5 Å². The summed E-state index contributed by atoms with van der Waals surface area (Å²) in [6.45, 7) is 3.61. The van der Waals surface area contributed by atoms with E-state index in [1.807, 2.05) is 4.90 Å². The molecule has 6 nitrogen and oxygen atoms in total. The number of carbonyl (C=O) groups is 2. The van der Waals surface area contributed by atoms with Crippen molar-refractivity contribution in [3.8, 4) is 0 Å². The summed E-state index contributed by atoms with van der Waals surface area (Å²) in [6, 6.07) is 0.280. The molecule has 6 heteroatoms. The van der Waals surface area contributed by atoms with Crippen LogP contribution in [0.2, 0.25) is 0 Å². The van der Waals surface area contributed by atoms with Crippen LogP contribution in [-0.2, 0) is 9.59 Å². The molecule has 1 amide bonds. The summed E-state index contributed by atoms with van der Waals surface area (Å²) in [5.41, 5.74) is 0.308. The lowest BCUT2D eigenvalue weighted by atomic mass is 10.0. The molecule has 0 saturated carbocycles. The number of nitrogens with zero attached hydrogens (tertiary/aromatic N) is 1. The van der Waals surface area contributed by atoms with Gasteiger partial charge in [-0.25, -0.2) is 4.79 Å². The van der Waals surface area contributed by atoms with Gasteiger partial charge in [-0.1, -0.05) is 6.08 Å². The molecular formula is C13H19N3O3. The number of hydrogen-bond donors (Lipinski definition) is 3. The molecule has 0 spiro atoms. The van der Waals surface area contributed by atoms with E-state index in [0.29, 0.717) is 12.1 Å². The van der Waals surface area contributed by atoms with E-state index in [2.05, 4.69) is 10.6 Å².